The van der Waals surface area contributed by atoms with Crippen LogP contribution in [-0.2, 0) is 65.4 Å². The van der Waals surface area contributed by atoms with Gasteiger partial charge in [0.05, 0.1) is 26.4 Å². The van der Waals surface area contributed by atoms with E-state index in [0.29, 0.717) is 31.6 Å². The smallest absolute Gasteiger partial charge is 0.462 e. The first-order chi connectivity index (χ1) is 50.1. The third-order valence-corrected chi connectivity index (χ3v) is 22.1. The van der Waals surface area contributed by atoms with Crippen LogP contribution in [0.1, 0.15) is 441 Å². The van der Waals surface area contributed by atoms with Gasteiger partial charge in [0.2, 0.25) is 0 Å². The molecular weight excluding hydrogens is 1350 g/mol. The maximum atomic E-state index is 13.1. The SMILES string of the molecule is CCC(C)CCCCCCCCCCCCCCCCCCCCC(=O)O[C@H](COC(=O)CCCCCCCCCC(C)C)COP(=O)(O)OCC(O)COP(=O)(O)OC[C@@H](COC(=O)CCCCCCCCCCCCCCCCCCC(C)C)OC(=O)CCCCCCCCCCCCC(C)C. The van der Waals surface area contributed by atoms with Crippen LogP contribution in [0, 0.1) is 23.7 Å². The number of carbonyl (C=O) groups is 4. The maximum absolute atomic E-state index is 13.1. The molecule has 0 aromatic rings. The number of phosphoric acid groups is 2. The minimum atomic E-state index is -4.96. The van der Waals surface area contributed by atoms with Crippen molar-refractivity contribution in [2.24, 2.45) is 23.7 Å². The molecule has 4 unspecified atom stereocenters. The molecule has 19 heteroatoms. The lowest BCUT2D eigenvalue weighted by Crippen LogP contribution is -2.30. The molecule has 0 aliphatic carbocycles. The lowest BCUT2D eigenvalue weighted by atomic mass is 9.99. The summed E-state index contributed by atoms with van der Waals surface area (Å²) in [7, 11) is -9.93. The lowest BCUT2D eigenvalue weighted by Gasteiger charge is -2.21. The molecule has 0 spiro atoms. The first-order valence-corrected chi connectivity index (χ1v) is 46.7. The molecule has 0 saturated heterocycles. The van der Waals surface area contributed by atoms with Crippen LogP contribution in [0.25, 0.3) is 0 Å². The predicted molar refractivity (Wildman–Crippen MR) is 428 cm³/mol. The molecule has 0 bridgehead atoms. The number of hydrogen-bond acceptors (Lipinski definition) is 15. The summed E-state index contributed by atoms with van der Waals surface area (Å²) in [6.45, 7) is 14.3. The summed E-state index contributed by atoms with van der Waals surface area (Å²) < 4.78 is 68.8. The molecule has 3 N–H and O–H groups in total. The van der Waals surface area contributed by atoms with Crippen LogP contribution in [0.3, 0.4) is 0 Å². The second kappa shape index (κ2) is 73.8. The van der Waals surface area contributed by atoms with E-state index in [1.54, 1.807) is 0 Å². The highest BCUT2D eigenvalue weighted by Crippen LogP contribution is 2.45. The zero-order valence-corrected chi connectivity index (χ0v) is 70.5. The number of hydrogen-bond donors (Lipinski definition) is 3. The second-order valence-corrected chi connectivity index (χ2v) is 35.2. The predicted octanol–water partition coefficient (Wildman–Crippen LogP) is 25.6. The fraction of sp³-hybridized carbons (Fsp3) is 0.953. The van der Waals surface area contributed by atoms with E-state index in [-0.39, 0.29) is 25.7 Å². The minimum absolute atomic E-state index is 0.106. The van der Waals surface area contributed by atoms with Crippen molar-refractivity contribution >= 4 is 39.5 Å². The quantitative estimate of drug-likeness (QED) is 0.0222. The van der Waals surface area contributed by atoms with Crippen LogP contribution in [0.15, 0.2) is 0 Å². The van der Waals surface area contributed by atoms with Gasteiger partial charge in [0.25, 0.3) is 0 Å². The molecule has 0 rings (SSSR count). The van der Waals surface area contributed by atoms with Crippen LogP contribution in [0.2, 0.25) is 0 Å². The average Bonchev–Trinajstić information content (AvgIpc) is 0.908. The maximum Gasteiger partial charge on any atom is 0.472 e. The van der Waals surface area contributed by atoms with E-state index >= 15 is 0 Å². The van der Waals surface area contributed by atoms with Gasteiger partial charge in [0.1, 0.15) is 19.3 Å². The van der Waals surface area contributed by atoms with Crippen LogP contribution in [0.4, 0.5) is 0 Å². The Hall–Kier alpha value is -1.94. The molecule has 0 fully saturated rings. The number of rotatable bonds is 82. The fourth-order valence-electron chi connectivity index (χ4n) is 13.1. The van der Waals surface area contributed by atoms with Gasteiger partial charge in [0.15, 0.2) is 12.2 Å². The van der Waals surface area contributed by atoms with Gasteiger partial charge >= 0.3 is 39.5 Å². The van der Waals surface area contributed by atoms with Crippen molar-refractivity contribution < 1.29 is 80.2 Å². The molecular formula is C85H166O17P2. The Labute approximate surface area is 638 Å². The fourth-order valence-corrected chi connectivity index (χ4v) is 14.7. The first kappa shape index (κ1) is 102. The topological polar surface area (TPSA) is 237 Å². The summed E-state index contributed by atoms with van der Waals surface area (Å²) in [5, 5.41) is 10.7. The molecule has 0 radical (unpaired) electrons. The van der Waals surface area contributed by atoms with E-state index in [2.05, 4.69) is 55.4 Å². The largest absolute Gasteiger partial charge is 0.472 e. The van der Waals surface area contributed by atoms with Crippen LogP contribution < -0.4 is 0 Å². The second-order valence-electron chi connectivity index (χ2n) is 32.2. The van der Waals surface area contributed by atoms with Crippen LogP contribution in [0.5, 0.6) is 0 Å². The highest BCUT2D eigenvalue weighted by Gasteiger charge is 2.30. The Morgan fingerprint density at radius 3 is 0.683 bits per heavy atom. The molecule has 104 heavy (non-hydrogen) atoms. The molecule has 17 nitrogen and oxygen atoms in total. The van der Waals surface area contributed by atoms with Gasteiger partial charge in [-0.25, -0.2) is 9.13 Å². The molecule has 0 heterocycles. The molecule has 0 saturated carbocycles. The van der Waals surface area contributed by atoms with Gasteiger partial charge in [-0.15, -0.1) is 0 Å². The van der Waals surface area contributed by atoms with E-state index in [4.69, 9.17) is 37.0 Å². The third kappa shape index (κ3) is 76.8. The van der Waals surface area contributed by atoms with E-state index in [1.807, 2.05) is 0 Å². The Morgan fingerprint density at radius 1 is 0.269 bits per heavy atom. The molecule has 6 atom stereocenters. The Morgan fingerprint density at radius 2 is 0.462 bits per heavy atom. The Balaban J connectivity index is 5.17. The van der Waals surface area contributed by atoms with Gasteiger partial charge in [-0.2, -0.15) is 0 Å². The van der Waals surface area contributed by atoms with Crippen molar-refractivity contribution in [3.8, 4) is 0 Å². The first-order valence-electron chi connectivity index (χ1n) is 43.7. The number of carbonyl (C=O) groups excluding carboxylic acids is 4. The van der Waals surface area contributed by atoms with Crippen molar-refractivity contribution in [2.75, 3.05) is 39.6 Å². The Bertz CT molecular complexity index is 2030. The highest BCUT2D eigenvalue weighted by atomic mass is 31.2. The van der Waals surface area contributed by atoms with Crippen molar-refractivity contribution in [3.05, 3.63) is 0 Å². The Kier molecular flexibility index (Phi) is 72.5. The minimum Gasteiger partial charge on any atom is -0.462 e. The summed E-state index contributed by atoms with van der Waals surface area (Å²) in [5.41, 5.74) is 0. The summed E-state index contributed by atoms with van der Waals surface area (Å²) >= 11 is 0. The number of aliphatic hydroxyl groups is 1. The van der Waals surface area contributed by atoms with Crippen LogP contribution in [-0.4, -0.2) is 96.7 Å². The summed E-state index contributed by atoms with van der Waals surface area (Å²) in [6.07, 6.45) is 62.6. The van der Waals surface area contributed by atoms with Gasteiger partial charge in [-0.3, -0.25) is 37.3 Å². The molecule has 618 valence electrons. The molecule has 0 amide bonds. The van der Waals surface area contributed by atoms with Crippen molar-refractivity contribution in [2.45, 2.75) is 459 Å². The van der Waals surface area contributed by atoms with Crippen molar-refractivity contribution in [1.82, 2.24) is 0 Å². The number of ether oxygens (including phenoxy) is 4. The summed E-state index contributed by atoms with van der Waals surface area (Å²) in [4.78, 5) is 73.1. The normalized spacial score (nSPS) is 14.2. The monoisotopic (exact) mass is 1520 g/mol. The van der Waals surface area contributed by atoms with Crippen molar-refractivity contribution in [1.29, 1.82) is 0 Å². The standard InChI is InChI=1S/C85H166O17P2/c1-9-78(8)64-56-48-40-32-25-21-17-12-10-11-13-19-23-27-34-42-51-59-67-84(89)102-81(72-96-83(88)66-58-50-44-36-39-47-55-63-77(6)7)74-100-104(93,94)98-70-79(86)69-97-103(91,92)99-73-80(101-85(90)68-60-52-43-35-29-28-31-38-46-54-62-76(4)5)71-95-82(87)65-57-49-41-33-26-22-18-15-14-16-20-24-30-37-45-53-61-75(2)3/h75-81,86H,9-74H2,1-8H3,(H,91,92)(H,93,94)/t78?,79?,80-,81-/m1/s1. The number of aliphatic hydroxyl groups excluding tert-OH is 1. The number of phosphoric ester groups is 2. The van der Waals surface area contributed by atoms with Gasteiger partial charge < -0.3 is 33.8 Å². The molecule has 0 aliphatic rings. The third-order valence-electron chi connectivity index (χ3n) is 20.2. The number of esters is 4. The van der Waals surface area contributed by atoms with E-state index in [1.165, 1.54) is 238 Å². The molecule has 0 aromatic carbocycles. The summed E-state index contributed by atoms with van der Waals surface area (Å²) in [6, 6.07) is 0. The lowest BCUT2D eigenvalue weighted by molar-refractivity contribution is -0.161. The number of unbranched alkanes of at least 4 members (excludes halogenated alkanes) is 47. The van der Waals surface area contributed by atoms with Gasteiger partial charge in [-0.05, 0) is 49.4 Å². The highest BCUT2D eigenvalue weighted by molar-refractivity contribution is 7.47. The van der Waals surface area contributed by atoms with Crippen LogP contribution >= 0.6 is 15.6 Å². The summed E-state index contributed by atoms with van der Waals surface area (Å²) in [5.74, 6) is 1.03. The van der Waals surface area contributed by atoms with Gasteiger partial charge in [-0.1, -0.05) is 389 Å². The average molecular weight is 1520 g/mol. The zero-order valence-electron chi connectivity index (χ0n) is 68.7. The van der Waals surface area contributed by atoms with E-state index in [0.717, 1.165) is 114 Å². The molecule has 0 aromatic heterocycles. The van der Waals surface area contributed by atoms with E-state index in [9.17, 15) is 43.2 Å². The van der Waals surface area contributed by atoms with Gasteiger partial charge in [0, 0.05) is 25.7 Å². The molecule has 0 aliphatic heterocycles. The zero-order chi connectivity index (χ0) is 76.7. The van der Waals surface area contributed by atoms with E-state index < -0.39 is 97.5 Å². The van der Waals surface area contributed by atoms with Crippen molar-refractivity contribution in [3.63, 3.8) is 0 Å².